The van der Waals surface area contributed by atoms with Gasteiger partial charge in [0.1, 0.15) is 0 Å². The highest BCUT2D eigenvalue weighted by atomic mass is 79.9. The maximum absolute atomic E-state index is 12.7. The maximum atomic E-state index is 12.7. The first kappa shape index (κ1) is 13.8. The molecule has 0 spiro atoms. The minimum atomic E-state index is -0.962. The average molecular weight is 343 g/mol. The number of nitrogens with zero attached hydrogens (tertiary/aromatic N) is 2. The van der Waals surface area contributed by atoms with Crippen LogP contribution >= 0.6 is 15.9 Å². The van der Waals surface area contributed by atoms with Crippen LogP contribution in [0.1, 0.15) is 29.0 Å². The van der Waals surface area contributed by atoms with Crippen molar-refractivity contribution in [2.24, 2.45) is 11.8 Å². The number of hydrogen-bond donors (Lipinski definition) is 1. The number of rotatable bonds is 2. The first-order valence-electron chi connectivity index (χ1n) is 6.56. The summed E-state index contributed by atoms with van der Waals surface area (Å²) >= 11 is 3.38. The molecule has 3 heterocycles. The molecule has 1 aromatic rings. The van der Waals surface area contributed by atoms with Crippen LogP contribution < -0.4 is 0 Å². The summed E-state index contributed by atoms with van der Waals surface area (Å²) in [4.78, 5) is 24.1. The van der Waals surface area contributed by atoms with Gasteiger partial charge >= 0.3 is 5.97 Å². The molecule has 4 atom stereocenters. The number of carbonyl (C=O) groups is 2. The number of aryl methyl sites for hydroxylation is 1. The van der Waals surface area contributed by atoms with Crippen molar-refractivity contribution in [2.75, 3.05) is 0 Å². The van der Waals surface area contributed by atoms with Crippen molar-refractivity contribution >= 4 is 27.8 Å². The van der Waals surface area contributed by atoms with Gasteiger partial charge in [-0.05, 0) is 42.6 Å². The van der Waals surface area contributed by atoms with Crippen LogP contribution in [0, 0.1) is 25.7 Å². The van der Waals surface area contributed by atoms with E-state index in [1.165, 1.54) is 4.68 Å². The molecule has 2 aliphatic heterocycles. The third-order valence-electron chi connectivity index (χ3n) is 4.26. The van der Waals surface area contributed by atoms with Crippen molar-refractivity contribution in [1.29, 1.82) is 0 Å². The van der Waals surface area contributed by atoms with Gasteiger partial charge in [-0.2, -0.15) is 5.10 Å². The predicted molar refractivity (Wildman–Crippen MR) is 72.5 cm³/mol. The molecule has 0 aromatic carbocycles. The summed E-state index contributed by atoms with van der Waals surface area (Å²) < 4.78 is 7.71. The fourth-order valence-corrected chi connectivity index (χ4v) is 3.53. The van der Waals surface area contributed by atoms with Crippen molar-refractivity contribution in [3.05, 3.63) is 15.9 Å². The van der Waals surface area contributed by atoms with Gasteiger partial charge in [-0.3, -0.25) is 9.59 Å². The molecule has 6 nitrogen and oxygen atoms in total. The van der Waals surface area contributed by atoms with Gasteiger partial charge in [0.2, 0.25) is 0 Å². The Morgan fingerprint density at radius 3 is 2.40 bits per heavy atom. The topological polar surface area (TPSA) is 81.4 Å². The standard InChI is InChI=1S/C13H15BrN2O4/c1-5-11(14)6(2)16(15-5)12(17)9-7-3-4-8(20-7)10(9)13(18)19/h7-10H,3-4H2,1-2H3,(H,18,19)/t7-,8+,9+,10+/m1/s1. The Morgan fingerprint density at radius 1 is 1.30 bits per heavy atom. The molecule has 1 N–H and O–H groups in total. The molecule has 3 rings (SSSR count). The Morgan fingerprint density at radius 2 is 1.90 bits per heavy atom. The van der Waals surface area contributed by atoms with Crippen molar-refractivity contribution in [2.45, 2.75) is 38.9 Å². The van der Waals surface area contributed by atoms with Gasteiger partial charge in [0, 0.05) is 0 Å². The summed E-state index contributed by atoms with van der Waals surface area (Å²) in [6, 6.07) is 0. The number of carboxylic acid groups (broad SMARTS) is 1. The molecular weight excluding hydrogens is 328 g/mol. The van der Waals surface area contributed by atoms with E-state index in [0.29, 0.717) is 17.8 Å². The first-order valence-corrected chi connectivity index (χ1v) is 7.35. The summed E-state index contributed by atoms with van der Waals surface area (Å²) in [5, 5.41) is 13.6. The Balaban J connectivity index is 1.97. The quantitative estimate of drug-likeness (QED) is 0.885. The molecular formula is C13H15BrN2O4. The van der Waals surface area contributed by atoms with E-state index in [2.05, 4.69) is 21.0 Å². The van der Waals surface area contributed by atoms with Gasteiger partial charge < -0.3 is 9.84 Å². The number of hydrogen-bond acceptors (Lipinski definition) is 4. The van der Waals surface area contributed by atoms with Crippen molar-refractivity contribution in [3.8, 4) is 0 Å². The smallest absolute Gasteiger partial charge is 0.310 e. The Bertz CT molecular complexity index is 597. The Kier molecular flexibility index (Phi) is 3.21. The summed E-state index contributed by atoms with van der Waals surface area (Å²) in [5.41, 5.74) is 1.41. The first-order chi connectivity index (χ1) is 9.41. The molecule has 0 radical (unpaired) electrons. The monoisotopic (exact) mass is 342 g/mol. The molecule has 108 valence electrons. The van der Waals surface area contributed by atoms with Crippen LogP contribution in [0.3, 0.4) is 0 Å². The predicted octanol–water partition coefficient (Wildman–Crippen LogP) is 1.78. The van der Waals surface area contributed by atoms with Gasteiger partial charge in [0.05, 0.1) is 39.9 Å². The molecule has 7 heteroatoms. The summed E-state index contributed by atoms with van der Waals surface area (Å²) in [5.74, 6) is -2.65. The molecule has 0 saturated carbocycles. The third-order valence-corrected chi connectivity index (χ3v) is 5.40. The molecule has 0 unspecified atom stereocenters. The molecule has 1 aromatic heterocycles. The Labute approximate surface area is 124 Å². The lowest BCUT2D eigenvalue weighted by Gasteiger charge is -2.23. The zero-order chi connectivity index (χ0) is 14.6. The fourth-order valence-electron chi connectivity index (χ4n) is 3.28. The van der Waals surface area contributed by atoms with Gasteiger partial charge in [0.15, 0.2) is 0 Å². The van der Waals surface area contributed by atoms with Gasteiger partial charge in [0.25, 0.3) is 5.91 Å². The number of carboxylic acids is 1. The van der Waals surface area contributed by atoms with E-state index in [0.717, 1.165) is 10.9 Å². The second kappa shape index (κ2) is 4.66. The highest BCUT2D eigenvalue weighted by Gasteiger charge is 2.56. The minimum absolute atomic E-state index is 0.282. The number of aliphatic carboxylic acids is 1. The SMILES string of the molecule is Cc1nn(C(=O)[C@@H]2[C@@H](C(=O)O)[C@@H]3CC[C@H]2O3)c(C)c1Br. The van der Waals surface area contributed by atoms with Crippen LogP contribution in [-0.4, -0.2) is 39.0 Å². The maximum Gasteiger partial charge on any atom is 0.310 e. The van der Waals surface area contributed by atoms with Gasteiger partial charge in [-0.1, -0.05) is 0 Å². The highest BCUT2D eigenvalue weighted by Crippen LogP contribution is 2.44. The molecule has 2 aliphatic rings. The summed E-state index contributed by atoms with van der Waals surface area (Å²) in [6.45, 7) is 3.58. The molecule has 0 aliphatic carbocycles. The molecule has 0 amide bonds. The van der Waals surface area contributed by atoms with E-state index in [4.69, 9.17) is 4.74 Å². The van der Waals surface area contributed by atoms with Crippen LogP contribution in [0.5, 0.6) is 0 Å². The number of carbonyl (C=O) groups excluding carboxylic acids is 1. The van der Waals surface area contributed by atoms with Crippen LogP contribution in [-0.2, 0) is 9.53 Å². The van der Waals surface area contributed by atoms with Crippen molar-refractivity contribution in [3.63, 3.8) is 0 Å². The highest BCUT2D eigenvalue weighted by molar-refractivity contribution is 9.10. The number of aromatic nitrogens is 2. The van der Waals surface area contributed by atoms with Gasteiger partial charge in [-0.25, -0.2) is 4.68 Å². The van der Waals surface area contributed by atoms with E-state index >= 15 is 0 Å². The van der Waals surface area contributed by atoms with Crippen LogP contribution in [0.2, 0.25) is 0 Å². The lowest BCUT2D eigenvalue weighted by molar-refractivity contribution is -0.144. The second-order valence-electron chi connectivity index (χ2n) is 5.41. The number of halogens is 1. The second-order valence-corrected chi connectivity index (χ2v) is 6.21. The summed E-state index contributed by atoms with van der Waals surface area (Å²) in [7, 11) is 0. The molecule has 20 heavy (non-hydrogen) atoms. The lowest BCUT2D eigenvalue weighted by Crippen LogP contribution is -2.41. The zero-order valence-corrected chi connectivity index (χ0v) is 12.8. The summed E-state index contributed by atoms with van der Waals surface area (Å²) in [6.07, 6.45) is 0.820. The average Bonchev–Trinajstić information content (AvgIpc) is 3.07. The van der Waals surface area contributed by atoms with E-state index in [-0.39, 0.29) is 18.1 Å². The van der Waals surface area contributed by atoms with E-state index in [1.54, 1.807) is 13.8 Å². The molecule has 2 bridgehead atoms. The number of fused-ring (bicyclic) bond motifs is 2. The Hall–Kier alpha value is -1.21. The van der Waals surface area contributed by atoms with Crippen LogP contribution in [0.4, 0.5) is 0 Å². The normalized spacial score (nSPS) is 31.8. The van der Waals surface area contributed by atoms with E-state index in [9.17, 15) is 14.7 Å². The van der Waals surface area contributed by atoms with Crippen molar-refractivity contribution < 1.29 is 19.4 Å². The third kappa shape index (κ3) is 1.83. The fraction of sp³-hybridized carbons (Fsp3) is 0.615. The van der Waals surface area contributed by atoms with E-state index < -0.39 is 17.8 Å². The van der Waals surface area contributed by atoms with Gasteiger partial charge in [-0.15, -0.1) is 0 Å². The van der Waals surface area contributed by atoms with Crippen molar-refractivity contribution in [1.82, 2.24) is 9.78 Å². The largest absolute Gasteiger partial charge is 0.481 e. The number of ether oxygens (including phenoxy) is 1. The minimum Gasteiger partial charge on any atom is -0.481 e. The van der Waals surface area contributed by atoms with Crippen LogP contribution in [0.25, 0.3) is 0 Å². The lowest BCUT2D eigenvalue weighted by atomic mass is 9.79. The molecule has 2 saturated heterocycles. The van der Waals surface area contributed by atoms with Crippen LogP contribution in [0.15, 0.2) is 4.47 Å². The van der Waals surface area contributed by atoms with E-state index in [1.807, 2.05) is 0 Å². The zero-order valence-electron chi connectivity index (χ0n) is 11.2. The molecule has 2 fully saturated rings.